The number of hydrogen-bond donors (Lipinski definition) is 1. The van der Waals surface area contributed by atoms with Crippen molar-refractivity contribution >= 4 is 23.3 Å². The number of nitrogen functional groups attached to an aromatic ring is 1. The normalized spacial score (nSPS) is 10.7. The van der Waals surface area contributed by atoms with Crippen molar-refractivity contribution in [2.24, 2.45) is 0 Å². The summed E-state index contributed by atoms with van der Waals surface area (Å²) < 4.78 is 20.1. The number of nitrogens with two attached hydrogens (primary N) is 1. The zero-order chi connectivity index (χ0) is 15.6. The Morgan fingerprint density at radius 2 is 2.19 bits per heavy atom. The second-order valence-electron chi connectivity index (χ2n) is 4.62. The number of carbonyl (C=O) groups excluding carboxylic acids is 1. The van der Waals surface area contributed by atoms with E-state index in [1.165, 1.54) is 16.8 Å². The largest absolute Gasteiger partial charge is 0.459 e. The van der Waals surface area contributed by atoms with Crippen molar-refractivity contribution in [3.05, 3.63) is 46.0 Å². The average molecular weight is 312 g/mol. The van der Waals surface area contributed by atoms with Gasteiger partial charge in [-0.2, -0.15) is 5.10 Å². The van der Waals surface area contributed by atoms with Crippen LogP contribution in [0.3, 0.4) is 0 Å². The summed E-state index contributed by atoms with van der Waals surface area (Å²) in [6, 6.07) is 4.53. The molecule has 0 aliphatic rings. The summed E-state index contributed by atoms with van der Waals surface area (Å²) in [7, 11) is 0. The highest BCUT2D eigenvalue weighted by Crippen LogP contribution is 2.19. The molecule has 0 spiro atoms. The minimum atomic E-state index is -0.581. The molecule has 1 aromatic heterocycles. The maximum atomic E-state index is 13.6. The van der Waals surface area contributed by atoms with Crippen molar-refractivity contribution in [1.82, 2.24) is 9.78 Å². The molecular formula is C14H15ClFN3O2. The first-order valence-corrected chi connectivity index (χ1v) is 6.66. The van der Waals surface area contributed by atoms with Crippen molar-refractivity contribution < 1.29 is 13.9 Å². The number of aryl methyl sites for hydroxylation is 1. The van der Waals surface area contributed by atoms with Gasteiger partial charge in [0.25, 0.3) is 0 Å². The molecule has 0 radical (unpaired) electrons. The van der Waals surface area contributed by atoms with Crippen molar-refractivity contribution in [2.75, 3.05) is 5.73 Å². The van der Waals surface area contributed by atoms with Crippen LogP contribution in [0.2, 0.25) is 5.02 Å². The lowest BCUT2D eigenvalue weighted by atomic mass is 10.2. The number of esters is 1. The Labute approximate surface area is 126 Å². The smallest absolute Gasteiger partial charge is 0.328 e. The van der Waals surface area contributed by atoms with E-state index in [9.17, 15) is 9.18 Å². The summed E-state index contributed by atoms with van der Waals surface area (Å²) >= 11 is 5.66. The Kier molecular flexibility index (Phi) is 4.47. The second kappa shape index (κ2) is 6.13. The van der Waals surface area contributed by atoms with E-state index in [4.69, 9.17) is 22.1 Å². The fourth-order valence-corrected chi connectivity index (χ4v) is 2.04. The minimum Gasteiger partial charge on any atom is -0.459 e. The van der Waals surface area contributed by atoms with E-state index in [-0.39, 0.29) is 23.7 Å². The van der Waals surface area contributed by atoms with Gasteiger partial charge in [-0.3, -0.25) is 9.48 Å². The first kappa shape index (κ1) is 15.3. The fraction of sp³-hybridized carbons (Fsp3) is 0.286. The molecule has 0 atom stereocenters. The van der Waals surface area contributed by atoms with Gasteiger partial charge < -0.3 is 10.5 Å². The molecule has 1 heterocycles. The van der Waals surface area contributed by atoms with Crippen LogP contribution in [0.5, 0.6) is 0 Å². The van der Waals surface area contributed by atoms with E-state index < -0.39 is 11.8 Å². The predicted octanol–water partition coefficient (Wildman–Crippen LogP) is 2.62. The van der Waals surface area contributed by atoms with Gasteiger partial charge in [0.1, 0.15) is 19.0 Å². The standard InChI is InChI=1S/C14H15ClFN3O2/c1-8-14(17)9(2)19(18-8)6-12(20)21-7-10-4-3-5-11(15)13(10)16/h3-5H,6-7,17H2,1-2H3. The quantitative estimate of drug-likeness (QED) is 0.881. The highest BCUT2D eigenvalue weighted by Gasteiger charge is 2.13. The molecule has 21 heavy (non-hydrogen) atoms. The molecule has 2 N–H and O–H groups in total. The average Bonchev–Trinajstić information content (AvgIpc) is 2.68. The van der Waals surface area contributed by atoms with Crippen molar-refractivity contribution in [3.8, 4) is 0 Å². The van der Waals surface area contributed by atoms with Gasteiger partial charge in [-0.15, -0.1) is 0 Å². The lowest BCUT2D eigenvalue weighted by molar-refractivity contribution is -0.146. The van der Waals surface area contributed by atoms with Gasteiger partial charge in [0.2, 0.25) is 0 Å². The third-order valence-electron chi connectivity index (χ3n) is 3.14. The van der Waals surface area contributed by atoms with Gasteiger partial charge in [-0.1, -0.05) is 23.7 Å². The van der Waals surface area contributed by atoms with Crippen molar-refractivity contribution in [2.45, 2.75) is 27.0 Å². The molecule has 0 aliphatic heterocycles. The van der Waals surface area contributed by atoms with Gasteiger partial charge in [-0.05, 0) is 19.9 Å². The van der Waals surface area contributed by atoms with Crippen LogP contribution >= 0.6 is 11.6 Å². The van der Waals surface area contributed by atoms with Gasteiger partial charge in [0.15, 0.2) is 0 Å². The molecular weight excluding hydrogens is 297 g/mol. The summed E-state index contributed by atoms with van der Waals surface area (Å²) in [5.74, 6) is -1.11. The van der Waals surface area contributed by atoms with Crippen molar-refractivity contribution in [3.63, 3.8) is 0 Å². The number of halogens is 2. The Bertz CT molecular complexity index is 685. The predicted molar refractivity (Wildman–Crippen MR) is 77.3 cm³/mol. The summed E-state index contributed by atoms with van der Waals surface area (Å²) in [5.41, 5.74) is 7.90. The molecule has 1 aromatic carbocycles. The molecule has 2 aromatic rings. The van der Waals surface area contributed by atoms with Crippen LogP contribution in [-0.4, -0.2) is 15.7 Å². The summed E-state index contributed by atoms with van der Waals surface area (Å²) in [4.78, 5) is 11.8. The Morgan fingerprint density at radius 1 is 1.48 bits per heavy atom. The van der Waals surface area contributed by atoms with Crippen LogP contribution in [0.1, 0.15) is 17.0 Å². The molecule has 2 rings (SSSR count). The molecule has 0 saturated carbocycles. The highest BCUT2D eigenvalue weighted by atomic mass is 35.5. The van der Waals surface area contributed by atoms with E-state index in [1.54, 1.807) is 19.9 Å². The van der Waals surface area contributed by atoms with Crippen LogP contribution in [-0.2, 0) is 22.7 Å². The van der Waals surface area contributed by atoms with Crippen LogP contribution in [0.4, 0.5) is 10.1 Å². The van der Waals surface area contributed by atoms with Crippen LogP contribution in [0.25, 0.3) is 0 Å². The van der Waals surface area contributed by atoms with Crippen molar-refractivity contribution in [1.29, 1.82) is 0 Å². The van der Waals surface area contributed by atoms with Crippen LogP contribution < -0.4 is 5.73 Å². The zero-order valence-corrected chi connectivity index (χ0v) is 12.4. The topological polar surface area (TPSA) is 70.1 Å². The maximum absolute atomic E-state index is 13.6. The Balaban J connectivity index is 1.99. The molecule has 0 unspecified atom stereocenters. The lowest BCUT2D eigenvalue weighted by Gasteiger charge is -2.08. The number of benzene rings is 1. The van der Waals surface area contributed by atoms with Crippen LogP contribution in [0.15, 0.2) is 18.2 Å². The lowest BCUT2D eigenvalue weighted by Crippen LogP contribution is -2.16. The fourth-order valence-electron chi connectivity index (χ4n) is 1.85. The molecule has 7 heteroatoms. The van der Waals surface area contributed by atoms with E-state index >= 15 is 0 Å². The molecule has 0 amide bonds. The summed E-state index contributed by atoms with van der Waals surface area (Å²) in [6.07, 6.45) is 0. The number of hydrogen-bond acceptors (Lipinski definition) is 4. The molecule has 5 nitrogen and oxygen atoms in total. The van der Waals surface area contributed by atoms with Gasteiger partial charge >= 0.3 is 5.97 Å². The number of ether oxygens (including phenoxy) is 1. The van der Waals surface area contributed by atoms with E-state index in [1.807, 2.05) is 0 Å². The Morgan fingerprint density at radius 3 is 2.81 bits per heavy atom. The monoisotopic (exact) mass is 311 g/mol. The third-order valence-corrected chi connectivity index (χ3v) is 3.43. The first-order chi connectivity index (χ1) is 9.90. The Hall–Kier alpha value is -2.08. The summed E-state index contributed by atoms with van der Waals surface area (Å²) in [5, 5.41) is 4.13. The molecule has 0 aliphatic carbocycles. The zero-order valence-electron chi connectivity index (χ0n) is 11.7. The number of rotatable bonds is 4. The van der Waals surface area contributed by atoms with Crippen LogP contribution in [0, 0.1) is 19.7 Å². The van der Waals surface area contributed by atoms with Gasteiger partial charge in [0.05, 0.1) is 22.1 Å². The number of nitrogens with zero attached hydrogens (tertiary/aromatic N) is 2. The van der Waals surface area contributed by atoms with E-state index in [0.717, 1.165) is 0 Å². The maximum Gasteiger partial charge on any atom is 0.328 e. The molecule has 0 bridgehead atoms. The first-order valence-electron chi connectivity index (χ1n) is 6.28. The van der Waals surface area contributed by atoms with E-state index in [2.05, 4.69) is 5.10 Å². The number of aromatic nitrogens is 2. The minimum absolute atomic E-state index is 0.00475. The number of carbonyl (C=O) groups is 1. The molecule has 0 saturated heterocycles. The third kappa shape index (κ3) is 3.33. The summed E-state index contributed by atoms with van der Waals surface area (Å²) in [6.45, 7) is 3.26. The second-order valence-corrected chi connectivity index (χ2v) is 5.02. The van der Waals surface area contributed by atoms with E-state index in [0.29, 0.717) is 17.1 Å². The molecule has 112 valence electrons. The molecule has 0 fully saturated rings. The number of anilines is 1. The van der Waals surface area contributed by atoms with Gasteiger partial charge in [-0.25, -0.2) is 4.39 Å². The van der Waals surface area contributed by atoms with Gasteiger partial charge in [0, 0.05) is 5.56 Å². The SMILES string of the molecule is Cc1nn(CC(=O)OCc2cccc(Cl)c2F)c(C)c1N. The highest BCUT2D eigenvalue weighted by molar-refractivity contribution is 6.30.